The van der Waals surface area contributed by atoms with E-state index in [4.69, 9.17) is 4.42 Å². The Balaban J connectivity index is 1.51. The van der Waals surface area contributed by atoms with Gasteiger partial charge in [-0.2, -0.15) is 0 Å². The Labute approximate surface area is 131 Å². The minimum Gasteiger partial charge on any atom is -0.424 e. The Hall–Kier alpha value is -1.66. The highest BCUT2D eigenvalue weighted by Crippen LogP contribution is 2.19. The smallest absolute Gasteiger partial charge is 0.226 e. The van der Waals surface area contributed by atoms with Gasteiger partial charge in [0.15, 0.2) is 0 Å². The minimum absolute atomic E-state index is 0.668. The molecule has 6 heteroatoms. The molecule has 2 heterocycles. The minimum atomic E-state index is 0.668. The second kappa shape index (κ2) is 6.87. The number of aryl methyl sites for hydroxylation is 1. The molecule has 0 spiro atoms. The van der Waals surface area contributed by atoms with E-state index in [2.05, 4.69) is 32.7 Å². The number of hydrogen-bond acceptors (Lipinski definition) is 6. The molecule has 0 saturated carbocycles. The quantitative estimate of drug-likeness (QED) is 0.691. The number of aromatic nitrogens is 3. The van der Waals surface area contributed by atoms with Gasteiger partial charge in [-0.05, 0) is 12.5 Å². The first-order valence-corrected chi connectivity index (χ1v) is 8.67. The summed E-state index contributed by atoms with van der Waals surface area (Å²) in [6, 6.07) is 10.1. The van der Waals surface area contributed by atoms with Crippen LogP contribution in [0.15, 0.2) is 40.1 Å². The molecule has 2 aromatic heterocycles. The maximum atomic E-state index is 5.67. The third-order valence-electron chi connectivity index (χ3n) is 2.85. The molecule has 0 amide bonds. The van der Waals surface area contributed by atoms with Gasteiger partial charge in [0.1, 0.15) is 0 Å². The van der Waals surface area contributed by atoms with Crippen LogP contribution in [0.5, 0.6) is 0 Å². The van der Waals surface area contributed by atoms with Crippen molar-refractivity contribution in [3.05, 3.63) is 63.8 Å². The number of thioether (sulfide) groups is 1. The topological polar surface area (TPSA) is 51.8 Å². The third-order valence-corrected chi connectivity index (χ3v) is 4.62. The van der Waals surface area contributed by atoms with Crippen LogP contribution < -0.4 is 0 Å². The summed E-state index contributed by atoms with van der Waals surface area (Å²) < 4.78 is 5.67. The summed E-state index contributed by atoms with van der Waals surface area (Å²) in [6.07, 6.45) is 0.684. The predicted molar refractivity (Wildman–Crippen MR) is 85.4 cm³/mol. The van der Waals surface area contributed by atoms with Gasteiger partial charge >= 0.3 is 0 Å². The van der Waals surface area contributed by atoms with Crippen LogP contribution in [-0.2, 0) is 17.9 Å². The fourth-order valence-electron chi connectivity index (χ4n) is 1.91. The summed E-state index contributed by atoms with van der Waals surface area (Å²) >= 11 is 3.42. The van der Waals surface area contributed by atoms with Gasteiger partial charge in [-0.1, -0.05) is 30.3 Å². The van der Waals surface area contributed by atoms with E-state index in [-0.39, 0.29) is 0 Å². The van der Waals surface area contributed by atoms with Crippen LogP contribution in [-0.4, -0.2) is 15.2 Å². The molecule has 108 valence electrons. The van der Waals surface area contributed by atoms with Crippen molar-refractivity contribution in [2.45, 2.75) is 24.9 Å². The van der Waals surface area contributed by atoms with Gasteiger partial charge in [0.25, 0.3) is 0 Å². The van der Waals surface area contributed by atoms with Gasteiger partial charge in [-0.15, -0.1) is 33.3 Å². The zero-order valence-electron chi connectivity index (χ0n) is 11.7. The molecule has 0 fully saturated rings. The lowest BCUT2D eigenvalue weighted by atomic mass is 10.2. The molecule has 3 rings (SSSR count). The lowest BCUT2D eigenvalue weighted by Crippen LogP contribution is -1.87. The number of nitrogens with zero attached hydrogens (tertiary/aromatic N) is 3. The lowest BCUT2D eigenvalue weighted by Gasteiger charge is -1.96. The maximum Gasteiger partial charge on any atom is 0.226 e. The van der Waals surface area contributed by atoms with Gasteiger partial charge in [0.05, 0.1) is 22.9 Å². The summed E-state index contributed by atoms with van der Waals surface area (Å²) in [7, 11) is 0. The highest BCUT2D eigenvalue weighted by molar-refractivity contribution is 7.97. The van der Waals surface area contributed by atoms with Gasteiger partial charge < -0.3 is 4.42 Å². The van der Waals surface area contributed by atoms with Crippen LogP contribution in [0.1, 0.15) is 28.0 Å². The Morgan fingerprint density at radius 1 is 1.10 bits per heavy atom. The summed E-state index contributed by atoms with van der Waals surface area (Å²) in [5.41, 5.74) is 2.30. The number of benzene rings is 1. The Kier molecular flexibility index (Phi) is 4.67. The van der Waals surface area contributed by atoms with Crippen LogP contribution in [0.25, 0.3) is 0 Å². The van der Waals surface area contributed by atoms with E-state index in [1.807, 2.05) is 25.1 Å². The van der Waals surface area contributed by atoms with Crippen molar-refractivity contribution in [3.63, 3.8) is 0 Å². The van der Waals surface area contributed by atoms with Crippen LogP contribution in [0.2, 0.25) is 0 Å². The average molecular weight is 317 g/mol. The van der Waals surface area contributed by atoms with Crippen LogP contribution >= 0.6 is 23.1 Å². The molecule has 0 unspecified atom stereocenters. The van der Waals surface area contributed by atoms with Crippen LogP contribution in [0.4, 0.5) is 0 Å². The molecule has 0 radical (unpaired) electrons. The van der Waals surface area contributed by atoms with Crippen molar-refractivity contribution in [1.82, 2.24) is 15.2 Å². The van der Waals surface area contributed by atoms with E-state index in [0.717, 1.165) is 22.2 Å². The Morgan fingerprint density at radius 2 is 1.90 bits per heavy atom. The van der Waals surface area contributed by atoms with Gasteiger partial charge in [-0.3, -0.25) is 0 Å². The predicted octanol–water partition coefficient (Wildman–Crippen LogP) is 3.86. The molecular weight excluding hydrogens is 302 g/mol. The zero-order valence-corrected chi connectivity index (χ0v) is 13.3. The standard InChI is InChI=1S/C15H15N3OS2/c1-11-16-13(9-21-11)8-20-10-15-18-17-14(19-15)7-12-5-3-2-4-6-12/h2-6,9H,7-8,10H2,1H3. The second-order valence-corrected chi connectivity index (χ2v) is 6.65. The number of thiazole rings is 1. The second-order valence-electron chi connectivity index (χ2n) is 4.60. The van der Waals surface area contributed by atoms with E-state index in [9.17, 15) is 0 Å². The molecule has 0 aliphatic carbocycles. The lowest BCUT2D eigenvalue weighted by molar-refractivity contribution is 0.474. The average Bonchev–Trinajstić information content (AvgIpc) is 3.10. The SMILES string of the molecule is Cc1nc(CSCc2nnc(Cc3ccccc3)o2)cs1. The number of hydrogen-bond donors (Lipinski definition) is 0. The van der Waals surface area contributed by atoms with Gasteiger partial charge in [-0.25, -0.2) is 4.98 Å². The monoisotopic (exact) mass is 317 g/mol. The highest BCUT2D eigenvalue weighted by Gasteiger charge is 2.07. The van der Waals surface area contributed by atoms with E-state index in [1.54, 1.807) is 23.1 Å². The molecule has 0 bridgehead atoms. The van der Waals surface area contributed by atoms with Crippen molar-refractivity contribution in [1.29, 1.82) is 0 Å². The van der Waals surface area contributed by atoms with Gasteiger partial charge in [0, 0.05) is 11.1 Å². The molecule has 0 aliphatic rings. The Morgan fingerprint density at radius 3 is 2.67 bits per heavy atom. The zero-order chi connectivity index (χ0) is 14.5. The van der Waals surface area contributed by atoms with E-state index < -0.39 is 0 Å². The first-order valence-electron chi connectivity index (χ1n) is 6.63. The normalized spacial score (nSPS) is 10.9. The van der Waals surface area contributed by atoms with E-state index >= 15 is 0 Å². The van der Waals surface area contributed by atoms with E-state index in [1.165, 1.54) is 5.56 Å². The van der Waals surface area contributed by atoms with Crippen molar-refractivity contribution < 1.29 is 4.42 Å². The summed E-state index contributed by atoms with van der Waals surface area (Å²) in [4.78, 5) is 4.43. The van der Waals surface area contributed by atoms with Crippen molar-refractivity contribution in [3.8, 4) is 0 Å². The van der Waals surface area contributed by atoms with Crippen molar-refractivity contribution in [2.75, 3.05) is 0 Å². The molecule has 0 aliphatic heterocycles. The molecule has 0 atom stereocenters. The molecule has 0 N–H and O–H groups in total. The summed E-state index contributed by atoms with van der Waals surface area (Å²) in [5, 5.41) is 11.4. The first-order chi connectivity index (χ1) is 10.3. The summed E-state index contributed by atoms with van der Waals surface area (Å²) in [5.74, 6) is 2.94. The third kappa shape index (κ3) is 4.15. The van der Waals surface area contributed by atoms with Crippen molar-refractivity contribution in [2.24, 2.45) is 0 Å². The molecule has 1 aromatic carbocycles. The Bertz CT molecular complexity index is 694. The fourth-order valence-corrected chi connectivity index (χ4v) is 3.37. The highest BCUT2D eigenvalue weighted by atomic mass is 32.2. The van der Waals surface area contributed by atoms with Crippen LogP contribution in [0.3, 0.4) is 0 Å². The first kappa shape index (κ1) is 14.3. The maximum absolute atomic E-state index is 5.67. The molecular formula is C15H15N3OS2. The molecule has 3 aromatic rings. The van der Waals surface area contributed by atoms with Crippen molar-refractivity contribution >= 4 is 23.1 Å². The molecule has 21 heavy (non-hydrogen) atoms. The molecule has 4 nitrogen and oxygen atoms in total. The largest absolute Gasteiger partial charge is 0.424 e. The summed E-state index contributed by atoms with van der Waals surface area (Å²) in [6.45, 7) is 2.02. The fraction of sp³-hybridized carbons (Fsp3) is 0.267. The van der Waals surface area contributed by atoms with Crippen LogP contribution in [0, 0.1) is 6.92 Å². The van der Waals surface area contributed by atoms with E-state index in [0.29, 0.717) is 18.2 Å². The molecule has 0 saturated heterocycles. The van der Waals surface area contributed by atoms with Gasteiger partial charge in [0.2, 0.25) is 11.8 Å². The number of rotatable bonds is 6.